The fourth-order valence-electron chi connectivity index (χ4n) is 4.56. The molecule has 1 unspecified atom stereocenters. The molecule has 0 bridgehead atoms. The van der Waals surface area contributed by atoms with Crippen molar-refractivity contribution in [3.63, 3.8) is 0 Å². The van der Waals surface area contributed by atoms with Crippen molar-refractivity contribution in [1.29, 1.82) is 0 Å². The quantitative estimate of drug-likeness (QED) is 0.509. The molecule has 3 rings (SSSR count). The Morgan fingerprint density at radius 1 is 0.906 bits per heavy atom. The van der Waals surface area contributed by atoms with Gasteiger partial charge >= 0.3 is 6.03 Å². The molecule has 1 aliphatic carbocycles. The molecular weight excluding hydrogens is 420 g/mol. The van der Waals surface area contributed by atoms with E-state index in [0.29, 0.717) is 0 Å². The Morgan fingerprint density at radius 2 is 1.44 bits per heavy atom. The van der Waals surface area contributed by atoms with Gasteiger partial charge in [0.1, 0.15) is 5.37 Å². The summed E-state index contributed by atoms with van der Waals surface area (Å²) < 4.78 is 27.1. The Morgan fingerprint density at radius 3 is 1.94 bits per heavy atom. The lowest BCUT2D eigenvalue weighted by Gasteiger charge is -2.26. The van der Waals surface area contributed by atoms with Gasteiger partial charge in [-0.05, 0) is 60.8 Å². The topological polar surface area (TPSA) is 75.3 Å². The van der Waals surface area contributed by atoms with Crippen molar-refractivity contribution in [2.45, 2.75) is 82.4 Å². The van der Waals surface area contributed by atoms with Crippen LogP contribution in [0.15, 0.2) is 47.4 Å². The standard InChI is InChI=1S/C26H36N2O3S/c1-17(2)22-11-8-12-23(18(3)4)24(22)27-26(29)28-25(20-9-6-7-10-20)32(30,31)21-15-13-19(5)14-16-21/h8,11-18,20,25H,6-7,9-10H2,1-5H3,(H2,27,28,29). The Labute approximate surface area is 192 Å². The first-order chi connectivity index (χ1) is 15.1. The molecule has 2 N–H and O–H groups in total. The van der Waals surface area contributed by atoms with E-state index in [2.05, 4.69) is 38.3 Å². The molecule has 0 spiro atoms. The second-order valence-electron chi connectivity index (χ2n) is 9.54. The lowest BCUT2D eigenvalue weighted by Crippen LogP contribution is -2.47. The SMILES string of the molecule is Cc1ccc(S(=O)(=O)C(NC(=O)Nc2c(C(C)C)cccc2C(C)C)C2CCCC2)cc1. The maximum atomic E-state index is 13.5. The summed E-state index contributed by atoms with van der Waals surface area (Å²) in [6, 6.07) is 12.4. The molecule has 5 nitrogen and oxygen atoms in total. The van der Waals surface area contributed by atoms with E-state index in [0.717, 1.165) is 48.1 Å². The number of hydrogen-bond acceptors (Lipinski definition) is 3. The van der Waals surface area contributed by atoms with Crippen LogP contribution in [0.4, 0.5) is 10.5 Å². The number of hydrogen-bond donors (Lipinski definition) is 2. The van der Waals surface area contributed by atoms with Crippen molar-refractivity contribution in [2.75, 3.05) is 5.32 Å². The zero-order valence-corrected chi connectivity index (χ0v) is 20.6. The van der Waals surface area contributed by atoms with Crippen LogP contribution in [-0.4, -0.2) is 19.8 Å². The number of rotatable bonds is 7. The predicted octanol–water partition coefficient (Wildman–Crippen LogP) is 6.35. The maximum Gasteiger partial charge on any atom is 0.320 e. The van der Waals surface area contributed by atoms with Gasteiger partial charge in [0.2, 0.25) is 0 Å². The van der Waals surface area contributed by atoms with Crippen LogP contribution in [0.1, 0.15) is 81.9 Å². The van der Waals surface area contributed by atoms with Crippen LogP contribution in [0.2, 0.25) is 0 Å². The third kappa shape index (κ3) is 5.34. The number of urea groups is 1. The summed E-state index contributed by atoms with van der Waals surface area (Å²) in [7, 11) is -3.71. The minimum absolute atomic E-state index is 0.0861. The molecule has 2 aromatic carbocycles. The van der Waals surface area contributed by atoms with Gasteiger partial charge in [-0.2, -0.15) is 0 Å². The summed E-state index contributed by atoms with van der Waals surface area (Å²) in [5, 5.41) is 4.93. The van der Waals surface area contributed by atoms with Gasteiger partial charge in [-0.15, -0.1) is 0 Å². The number of amides is 2. The molecule has 0 radical (unpaired) electrons. The van der Waals surface area contributed by atoms with Gasteiger partial charge in [0, 0.05) is 5.69 Å². The number of nitrogens with one attached hydrogen (secondary N) is 2. The van der Waals surface area contributed by atoms with E-state index in [-0.39, 0.29) is 22.6 Å². The molecule has 2 aromatic rings. The van der Waals surface area contributed by atoms with E-state index in [1.165, 1.54) is 0 Å². The van der Waals surface area contributed by atoms with Crippen molar-refractivity contribution >= 4 is 21.6 Å². The molecule has 0 saturated heterocycles. The van der Waals surface area contributed by atoms with E-state index in [1.807, 2.05) is 25.1 Å². The summed E-state index contributed by atoms with van der Waals surface area (Å²) in [4.78, 5) is 13.4. The van der Waals surface area contributed by atoms with Crippen molar-refractivity contribution in [3.05, 3.63) is 59.2 Å². The van der Waals surface area contributed by atoms with E-state index >= 15 is 0 Å². The highest BCUT2D eigenvalue weighted by Gasteiger charge is 2.37. The summed E-state index contributed by atoms with van der Waals surface area (Å²) in [5.41, 5.74) is 3.88. The number of carbonyl (C=O) groups excluding carboxylic acids is 1. The summed E-state index contributed by atoms with van der Waals surface area (Å²) in [6.45, 7) is 10.3. The van der Waals surface area contributed by atoms with Crippen molar-refractivity contribution in [3.8, 4) is 0 Å². The fourth-order valence-corrected chi connectivity index (χ4v) is 6.41. The van der Waals surface area contributed by atoms with Crippen LogP contribution >= 0.6 is 0 Å². The van der Waals surface area contributed by atoms with Gasteiger partial charge in [0.05, 0.1) is 4.90 Å². The van der Waals surface area contributed by atoms with Crippen LogP contribution in [0.25, 0.3) is 0 Å². The molecule has 1 saturated carbocycles. The van der Waals surface area contributed by atoms with Crippen LogP contribution < -0.4 is 10.6 Å². The lowest BCUT2D eigenvalue weighted by atomic mass is 9.93. The Hall–Kier alpha value is -2.34. The highest BCUT2D eigenvalue weighted by atomic mass is 32.2. The second kappa shape index (κ2) is 10.1. The molecule has 6 heteroatoms. The smallest absolute Gasteiger partial charge is 0.320 e. The van der Waals surface area contributed by atoms with Crippen LogP contribution in [0, 0.1) is 12.8 Å². The third-order valence-electron chi connectivity index (χ3n) is 6.40. The highest BCUT2D eigenvalue weighted by molar-refractivity contribution is 7.92. The highest BCUT2D eigenvalue weighted by Crippen LogP contribution is 2.34. The number of anilines is 1. The number of aryl methyl sites for hydroxylation is 1. The zero-order chi connectivity index (χ0) is 23.5. The Balaban J connectivity index is 1.91. The number of carbonyl (C=O) groups is 1. The molecule has 174 valence electrons. The number of para-hydroxylation sites is 1. The van der Waals surface area contributed by atoms with E-state index in [1.54, 1.807) is 24.3 Å². The van der Waals surface area contributed by atoms with Crippen molar-refractivity contribution < 1.29 is 13.2 Å². The van der Waals surface area contributed by atoms with Gasteiger partial charge in [-0.1, -0.05) is 76.4 Å². The number of benzene rings is 2. The summed E-state index contributed by atoms with van der Waals surface area (Å²) in [6.07, 6.45) is 3.58. The van der Waals surface area contributed by atoms with Crippen LogP contribution in [-0.2, 0) is 9.84 Å². The lowest BCUT2D eigenvalue weighted by molar-refractivity contribution is 0.248. The normalized spacial score (nSPS) is 15.8. The van der Waals surface area contributed by atoms with E-state index < -0.39 is 21.2 Å². The van der Waals surface area contributed by atoms with Crippen LogP contribution in [0.5, 0.6) is 0 Å². The first kappa shape index (κ1) is 24.3. The third-order valence-corrected chi connectivity index (χ3v) is 8.50. The first-order valence-corrected chi connectivity index (χ1v) is 13.2. The zero-order valence-electron chi connectivity index (χ0n) is 19.8. The molecule has 0 heterocycles. The molecule has 32 heavy (non-hydrogen) atoms. The van der Waals surface area contributed by atoms with Gasteiger partial charge in [0.25, 0.3) is 0 Å². The van der Waals surface area contributed by atoms with Crippen LogP contribution in [0.3, 0.4) is 0 Å². The van der Waals surface area contributed by atoms with Gasteiger partial charge in [-0.3, -0.25) is 0 Å². The fraction of sp³-hybridized carbons (Fsp3) is 0.500. The maximum absolute atomic E-state index is 13.5. The minimum Gasteiger partial charge on any atom is -0.320 e. The monoisotopic (exact) mass is 456 g/mol. The average Bonchev–Trinajstić information content (AvgIpc) is 3.26. The Kier molecular flexibility index (Phi) is 7.65. The molecule has 1 aliphatic rings. The molecule has 1 fully saturated rings. The number of sulfone groups is 1. The second-order valence-corrected chi connectivity index (χ2v) is 11.6. The summed E-state index contributed by atoms with van der Waals surface area (Å²) >= 11 is 0. The molecular formula is C26H36N2O3S. The van der Waals surface area contributed by atoms with Gasteiger partial charge in [0.15, 0.2) is 9.84 Å². The van der Waals surface area contributed by atoms with Crippen molar-refractivity contribution in [2.24, 2.45) is 5.92 Å². The molecule has 1 atom stereocenters. The molecule has 0 aliphatic heterocycles. The van der Waals surface area contributed by atoms with Gasteiger partial charge in [-0.25, -0.2) is 13.2 Å². The molecule has 0 aromatic heterocycles. The average molecular weight is 457 g/mol. The first-order valence-electron chi connectivity index (χ1n) is 11.6. The van der Waals surface area contributed by atoms with Gasteiger partial charge < -0.3 is 10.6 Å². The molecule has 2 amide bonds. The van der Waals surface area contributed by atoms with E-state index in [4.69, 9.17) is 0 Å². The van der Waals surface area contributed by atoms with Crippen molar-refractivity contribution in [1.82, 2.24) is 5.32 Å². The largest absolute Gasteiger partial charge is 0.320 e. The Bertz CT molecular complexity index is 1010. The minimum atomic E-state index is -3.71. The van der Waals surface area contributed by atoms with E-state index in [9.17, 15) is 13.2 Å². The predicted molar refractivity (Wildman–Crippen MR) is 131 cm³/mol. The summed E-state index contributed by atoms with van der Waals surface area (Å²) in [5.74, 6) is 0.369.